The number of hydrogen-bond acceptors (Lipinski definition) is 1. The molecule has 0 saturated heterocycles. The topological polar surface area (TPSA) is 0 Å². The van der Waals surface area contributed by atoms with Gasteiger partial charge in [0.15, 0.2) is 0 Å². The third-order valence-corrected chi connectivity index (χ3v) is 4.62. The largest absolute Gasteiger partial charge is 0.144 e. The van der Waals surface area contributed by atoms with E-state index < -0.39 is 0 Å². The van der Waals surface area contributed by atoms with Gasteiger partial charge in [0.25, 0.3) is 0 Å². The zero-order valence-corrected chi connectivity index (χ0v) is 9.00. The van der Waals surface area contributed by atoms with E-state index in [0.717, 1.165) is 0 Å². The quantitative estimate of drug-likeness (QED) is 0.630. The van der Waals surface area contributed by atoms with E-state index in [1.807, 2.05) is 11.3 Å². The molecule has 1 saturated carbocycles. The first-order valence-electron chi connectivity index (χ1n) is 4.32. The van der Waals surface area contributed by atoms with Crippen LogP contribution in [0, 0.1) is 12.3 Å². The molecule has 1 atom stereocenters. The van der Waals surface area contributed by atoms with Crippen molar-refractivity contribution in [2.45, 2.75) is 32.1 Å². The fraction of sp³-hybridized carbons (Fsp3) is 0.600. The predicted octanol–water partition coefficient (Wildman–Crippen LogP) is 4.14. The zero-order chi connectivity index (χ0) is 8.77. The summed E-state index contributed by atoms with van der Waals surface area (Å²) in [4.78, 5) is 2.70. The Labute approximate surface area is 82.6 Å². The number of aryl methyl sites for hydroxylation is 1. The van der Waals surface area contributed by atoms with Crippen molar-refractivity contribution in [2.75, 3.05) is 0 Å². The van der Waals surface area contributed by atoms with E-state index in [0.29, 0.717) is 5.41 Å². The van der Waals surface area contributed by atoms with Crippen LogP contribution in [-0.2, 0) is 0 Å². The summed E-state index contributed by atoms with van der Waals surface area (Å²) in [7, 11) is 0. The lowest BCUT2D eigenvalue weighted by molar-refractivity contribution is 0.555. The Hall–Kier alpha value is -0.0100. The summed E-state index contributed by atoms with van der Waals surface area (Å²) in [6.07, 6.45) is 2.58. The molecule has 1 aliphatic rings. The van der Waals surface area contributed by atoms with Crippen LogP contribution in [0.15, 0.2) is 12.1 Å². The van der Waals surface area contributed by atoms with Crippen molar-refractivity contribution >= 4 is 22.9 Å². The van der Waals surface area contributed by atoms with E-state index in [4.69, 9.17) is 11.6 Å². The molecule has 0 spiro atoms. The average molecular weight is 201 g/mol. The molecular weight excluding hydrogens is 188 g/mol. The molecule has 0 nitrogen and oxygen atoms in total. The second kappa shape index (κ2) is 2.74. The molecule has 1 aromatic rings. The number of thiophene rings is 1. The molecule has 0 aliphatic heterocycles. The Morgan fingerprint density at radius 3 is 2.58 bits per heavy atom. The van der Waals surface area contributed by atoms with E-state index in [1.54, 1.807) is 0 Å². The number of rotatable bonds is 2. The minimum atomic E-state index is 0.246. The Kier molecular flexibility index (Phi) is 1.96. The van der Waals surface area contributed by atoms with Gasteiger partial charge in [0.05, 0.1) is 5.38 Å². The summed E-state index contributed by atoms with van der Waals surface area (Å²) < 4.78 is 0. The summed E-state index contributed by atoms with van der Waals surface area (Å²) in [5.74, 6) is 0. The van der Waals surface area contributed by atoms with Crippen LogP contribution in [0.25, 0.3) is 0 Å². The molecule has 1 fully saturated rings. The van der Waals surface area contributed by atoms with E-state index in [9.17, 15) is 0 Å². The van der Waals surface area contributed by atoms with Crippen molar-refractivity contribution in [3.8, 4) is 0 Å². The third-order valence-electron chi connectivity index (χ3n) is 2.66. The number of alkyl halides is 1. The maximum atomic E-state index is 6.37. The summed E-state index contributed by atoms with van der Waals surface area (Å²) in [6, 6.07) is 4.32. The van der Waals surface area contributed by atoms with Crippen LogP contribution >= 0.6 is 22.9 Å². The van der Waals surface area contributed by atoms with Crippen molar-refractivity contribution in [3.05, 3.63) is 21.9 Å². The maximum absolute atomic E-state index is 6.37. The second-order valence-corrected chi connectivity index (χ2v) is 5.72. The summed E-state index contributed by atoms with van der Waals surface area (Å²) in [6.45, 7) is 4.41. The molecule has 2 rings (SSSR count). The highest BCUT2D eigenvalue weighted by Crippen LogP contribution is 2.58. The molecule has 2 heteroatoms. The summed E-state index contributed by atoms with van der Waals surface area (Å²) in [5, 5.41) is 0.246. The standard InChI is InChI=1S/C10H13ClS/c1-7-3-4-8(12-7)9(11)10(2)5-6-10/h3-4,9H,5-6H2,1-2H3. The van der Waals surface area contributed by atoms with E-state index in [1.165, 1.54) is 22.6 Å². The van der Waals surface area contributed by atoms with Gasteiger partial charge in [-0.25, -0.2) is 0 Å². The van der Waals surface area contributed by atoms with Gasteiger partial charge in [-0.05, 0) is 37.3 Å². The number of hydrogen-bond donors (Lipinski definition) is 0. The fourth-order valence-electron chi connectivity index (χ4n) is 1.38. The maximum Gasteiger partial charge on any atom is 0.0732 e. The van der Waals surface area contributed by atoms with Gasteiger partial charge < -0.3 is 0 Å². The smallest absolute Gasteiger partial charge is 0.0732 e. The van der Waals surface area contributed by atoms with Crippen LogP contribution in [0.5, 0.6) is 0 Å². The van der Waals surface area contributed by atoms with Gasteiger partial charge in [-0.15, -0.1) is 22.9 Å². The SMILES string of the molecule is Cc1ccc(C(Cl)C2(C)CC2)s1. The lowest BCUT2D eigenvalue weighted by Crippen LogP contribution is -2.01. The van der Waals surface area contributed by atoms with Gasteiger partial charge in [-0.3, -0.25) is 0 Å². The first kappa shape index (κ1) is 8.58. The molecule has 1 heterocycles. The first-order chi connectivity index (χ1) is 5.62. The summed E-state index contributed by atoms with van der Waals surface area (Å²) >= 11 is 8.20. The van der Waals surface area contributed by atoms with Gasteiger partial charge in [0, 0.05) is 9.75 Å². The molecule has 0 N–H and O–H groups in total. The van der Waals surface area contributed by atoms with Gasteiger partial charge >= 0.3 is 0 Å². The summed E-state index contributed by atoms with van der Waals surface area (Å²) in [5.41, 5.74) is 0.402. The molecule has 0 amide bonds. The van der Waals surface area contributed by atoms with Gasteiger partial charge in [0.1, 0.15) is 0 Å². The molecular formula is C10H13ClS. The van der Waals surface area contributed by atoms with Gasteiger partial charge in [-0.2, -0.15) is 0 Å². The zero-order valence-electron chi connectivity index (χ0n) is 7.43. The van der Waals surface area contributed by atoms with Crippen LogP contribution in [0.4, 0.5) is 0 Å². The van der Waals surface area contributed by atoms with Crippen molar-refractivity contribution in [3.63, 3.8) is 0 Å². The van der Waals surface area contributed by atoms with Crippen molar-refractivity contribution < 1.29 is 0 Å². The van der Waals surface area contributed by atoms with Crippen LogP contribution < -0.4 is 0 Å². The average Bonchev–Trinajstić information content (AvgIpc) is 2.62. The monoisotopic (exact) mass is 200 g/mol. The number of halogens is 1. The predicted molar refractivity (Wildman–Crippen MR) is 55.0 cm³/mol. The van der Waals surface area contributed by atoms with Crippen LogP contribution in [-0.4, -0.2) is 0 Å². The molecule has 12 heavy (non-hydrogen) atoms. The minimum absolute atomic E-state index is 0.246. The van der Waals surface area contributed by atoms with E-state index in [2.05, 4.69) is 26.0 Å². The molecule has 0 bridgehead atoms. The Bertz CT molecular complexity index is 286. The normalized spacial score (nSPS) is 22.2. The highest BCUT2D eigenvalue weighted by molar-refractivity contribution is 7.12. The highest BCUT2D eigenvalue weighted by atomic mass is 35.5. The molecule has 1 aromatic heterocycles. The van der Waals surface area contributed by atoms with Crippen molar-refractivity contribution in [1.29, 1.82) is 0 Å². The lowest BCUT2D eigenvalue weighted by Gasteiger charge is -2.13. The third kappa shape index (κ3) is 1.40. The molecule has 0 aromatic carbocycles. The molecule has 1 unspecified atom stereocenters. The minimum Gasteiger partial charge on any atom is -0.144 e. The lowest BCUT2D eigenvalue weighted by atomic mass is 10.0. The fourth-order valence-corrected chi connectivity index (χ4v) is 2.84. The molecule has 1 aliphatic carbocycles. The van der Waals surface area contributed by atoms with Crippen LogP contribution in [0.2, 0.25) is 0 Å². The van der Waals surface area contributed by atoms with Gasteiger partial charge in [-0.1, -0.05) is 6.92 Å². The molecule has 66 valence electrons. The first-order valence-corrected chi connectivity index (χ1v) is 5.57. The van der Waals surface area contributed by atoms with E-state index >= 15 is 0 Å². The van der Waals surface area contributed by atoms with E-state index in [-0.39, 0.29) is 5.38 Å². The van der Waals surface area contributed by atoms with Crippen LogP contribution in [0.3, 0.4) is 0 Å². The highest BCUT2D eigenvalue weighted by Gasteiger charge is 2.45. The Morgan fingerprint density at radius 2 is 2.17 bits per heavy atom. The Balaban J connectivity index is 2.19. The van der Waals surface area contributed by atoms with Gasteiger partial charge in [0.2, 0.25) is 0 Å². The Morgan fingerprint density at radius 1 is 1.50 bits per heavy atom. The van der Waals surface area contributed by atoms with Crippen molar-refractivity contribution in [2.24, 2.45) is 5.41 Å². The second-order valence-electron chi connectivity index (χ2n) is 3.97. The molecule has 0 radical (unpaired) electrons. The van der Waals surface area contributed by atoms with Crippen molar-refractivity contribution in [1.82, 2.24) is 0 Å². The van der Waals surface area contributed by atoms with Crippen LogP contribution in [0.1, 0.15) is 34.9 Å².